The molecule has 0 saturated carbocycles. The van der Waals surface area contributed by atoms with Gasteiger partial charge in [-0.25, -0.2) is 0 Å². The van der Waals surface area contributed by atoms with E-state index in [1.807, 2.05) is 4.97 Å². The van der Waals surface area contributed by atoms with E-state index in [1.165, 1.54) is 0 Å². The van der Waals surface area contributed by atoms with Gasteiger partial charge in [-0.3, -0.25) is 0 Å². The zero-order valence-electron chi connectivity index (χ0n) is 1.98. The summed E-state index contributed by atoms with van der Waals surface area (Å²) >= 11 is 5.36. The molecule has 0 heterocycles. The zero-order chi connectivity index (χ0) is 3.41. The van der Waals surface area contributed by atoms with Gasteiger partial charge >= 0.3 is 41.9 Å². The molecule has 0 aromatic carbocycles. The second-order valence-electron chi connectivity index (χ2n) is 0.275. The van der Waals surface area contributed by atoms with Gasteiger partial charge in [-0.2, -0.15) is 0 Å². The molecule has 0 aliphatic carbocycles. The molecule has 4 heavy (non-hydrogen) atoms. The van der Waals surface area contributed by atoms with E-state index in [4.69, 9.17) is 0 Å². The Balaban J connectivity index is 2.55. The molecular formula is C2H3BrSe. The molecule has 0 aliphatic heterocycles. The normalized spacial score (nSPS) is 9.50. The van der Waals surface area contributed by atoms with Crippen molar-refractivity contribution in [2.45, 2.75) is 0 Å². The fraction of sp³-hybridized carbons (Fsp3) is 0. The van der Waals surface area contributed by atoms with Gasteiger partial charge < -0.3 is 0 Å². The molecule has 0 aromatic rings. The first kappa shape index (κ1) is 4.74. The Morgan fingerprint density at radius 3 is 2.00 bits per heavy atom. The molecule has 0 radical (unpaired) electrons. The van der Waals surface area contributed by atoms with Gasteiger partial charge in [0.05, 0.1) is 0 Å². The van der Waals surface area contributed by atoms with Crippen LogP contribution in [0.2, 0.25) is 0 Å². The molecule has 0 spiro atoms. The molecule has 0 fully saturated rings. The first-order chi connectivity index (χ1) is 1.91. The van der Waals surface area contributed by atoms with E-state index in [0.29, 0.717) is 0 Å². The summed E-state index contributed by atoms with van der Waals surface area (Å²) in [6, 6.07) is 0. The van der Waals surface area contributed by atoms with Crippen LogP contribution in [0.1, 0.15) is 0 Å². The fourth-order valence-corrected chi connectivity index (χ4v) is 0. The summed E-state index contributed by atoms with van der Waals surface area (Å²) in [5.74, 6) is 0. The van der Waals surface area contributed by atoms with Crippen LogP contribution >= 0.6 is 15.9 Å². The van der Waals surface area contributed by atoms with Crippen molar-refractivity contribution >= 4 is 31.9 Å². The standard InChI is InChI=1S/C2H3BrSe/c3-1-2-4/h1-2,4H. The molecule has 24 valence electrons. The SMILES string of the molecule is [SeH]C=CBr. The van der Waals surface area contributed by atoms with Crippen molar-refractivity contribution in [3.05, 3.63) is 9.96 Å². The maximum atomic E-state index is 3.05. The third-order valence-electron chi connectivity index (χ3n) is 0.0563. The van der Waals surface area contributed by atoms with Crippen LogP contribution in [-0.4, -0.2) is 16.0 Å². The van der Waals surface area contributed by atoms with Crippen LogP contribution in [0.4, 0.5) is 0 Å². The van der Waals surface area contributed by atoms with Crippen LogP contribution in [-0.2, 0) is 0 Å². The summed E-state index contributed by atoms with van der Waals surface area (Å²) in [6.07, 6.45) is 0. The van der Waals surface area contributed by atoms with E-state index in [0.717, 1.165) is 0 Å². The Kier molecular flexibility index (Phi) is 4.43. The van der Waals surface area contributed by atoms with Crippen molar-refractivity contribution in [3.63, 3.8) is 0 Å². The van der Waals surface area contributed by atoms with Crippen molar-refractivity contribution in [2.24, 2.45) is 0 Å². The summed E-state index contributed by atoms with van der Waals surface area (Å²) in [5.41, 5.74) is 0. The molecule has 0 atom stereocenters. The summed E-state index contributed by atoms with van der Waals surface area (Å²) < 4.78 is 0. The van der Waals surface area contributed by atoms with Gasteiger partial charge in [-0.05, 0) is 0 Å². The van der Waals surface area contributed by atoms with E-state index in [2.05, 4.69) is 31.9 Å². The first-order valence-corrected chi connectivity index (χ1v) is 2.81. The van der Waals surface area contributed by atoms with Crippen molar-refractivity contribution in [2.75, 3.05) is 0 Å². The minimum atomic E-state index is 1.78. The number of hydrogen-bond donors (Lipinski definition) is 0. The number of halogens is 1. The second kappa shape index (κ2) is 3.74. The second-order valence-corrected chi connectivity index (χ2v) is 1.43. The average Bonchev–Trinajstić information content (AvgIpc) is 1.37. The van der Waals surface area contributed by atoms with Crippen molar-refractivity contribution in [3.8, 4) is 0 Å². The first-order valence-electron chi connectivity index (χ1n) is 0.810. The summed E-state index contributed by atoms with van der Waals surface area (Å²) in [6.45, 7) is 0. The van der Waals surface area contributed by atoms with Gasteiger partial charge in [0.15, 0.2) is 0 Å². The van der Waals surface area contributed by atoms with Gasteiger partial charge in [0, 0.05) is 0 Å². The molecule has 0 aromatic heterocycles. The molecule has 0 aliphatic rings. The molecule has 0 nitrogen and oxygen atoms in total. The van der Waals surface area contributed by atoms with Gasteiger partial charge in [-0.15, -0.1) is 0 Å². The van der Waals surface area contributed by atoms with Crippen LogP contribution < -0.4 is 0 Å². The zero-order valence-corrected chi connectivity index (χ0v) is 5.44. The van der Waals surface area contributed by atoms with Gasteiger partial charge in [-0.1, -0.05) is 0 Å². The maximum absolute atomic E-state index is 3.05. The predicted molar refractivity (Wildman–Crippen MR) is 25.2 cm³/mol. The Morgan fingerprint density at radius 1 is 1.75 bits per heavy atom. The Morgan fingerprint density at radius 2 is 2.00 bits per heavy atom. The van der Waals surface area contributed by atoms with Crippen LogP contribution in [0.25, 0.3) is 0 Å². The molecule has 0 unspecified atom stereocenters. The van der Waals surface area contributed by atoms with E-state index in [9.17, 15) is 0 Å². The van der Waals surface area contributed by atoms with Crippen molar-refractivity contribution < 1.29 is 0 Å². The van der Waals surface area contributed by atoms with Crippen LogP contribution in [0.15, 0.2) is 9.96 Å². The molecule has 0 rings (SSSR count). The summed E-state index contributed by atoms with van der Waals surface area (Å²) in [4.78, 5) is 3.64. The fourth-order valence-electron chi connectivity index (χ4n) is 0. The third-order valence-corrected chi connectivity index (χ3v) is 1.52. The quantitative estimate of drug-likeness (QED) is 0.489. The molecular weight excluding hydrogens is 183 g/mol. The van der Waals surface area contributed by atoms with Gasteiger partial charge in [0.25, 0.3) is 0 Å². The molecule has 0 N–H and O–H groups in total. The third kappa shape index (κ3) is 2.74. The van der Waals surface area contributed by atoms with Crippen LogP contribution in [0, 0.1) is 0 Å². The monoisotopic (exact) mass is 186 g/mol. The molecule has 0 bridgehead atoms. The van der Waals surface area contributed by atoms with Gasteiger partial charge in [0.1, 0.15) is 0 Å². The Hall–Kier alpha value is 0.739. The van der Waals surface area contributed by atoms with E-state index >= 15 is 0 Å². The van der Waals surface area contributed by atoms with Crippen molar-refractivity contribution in [1.82, 2.24) is 0 Å². The predicted octanol–water partition coefficient (Wildman–Crippen LogP) is 0.753. The molecule has 0 saturated heterocycles. The number of hydrogen-bond acceptors (Lipinski definition) is 0. The Labute approximate surface area is 42.2 Å². The van der Waals surface area contributed by atoms with Crippen molar-refractivity contribution in [1.29, 1.82) is 0 Å². The topological polar surface area (TPSA) is 0 Å². The van der Waals surface area contributed by atoms with Gasteiger partial charge in [0.2, 0.25) is 0 Å². The van der Waals surface area contributed by atoms with E-state index < -0.39 is 0 Å². The number of rotatable bonds is 0. The minimum absolute atomic E-state index is 1.78. The summed E-state index contributed by atoms with van der Waals surface area (Å²) in [5, 5.41) is 0. The van der Waals surface area contributed by atoms with Crippen LogP contribution in [0.3, 0.4) is 0 Å². The average molecular weight is 186 g/mol. The Bertz CT molecular complexity index is 21.2. The van der Waals surface area contributed by atoms with E-state index in [1.54, 1.807) is 4.99 Å². The molecule has 0 amide bonds. The molecule has 2 heteroatoms. The van der Waals surface area contributed by atoms with E-state index in [-0.39, 0.29) is 0 Å². The summed E-state index contributed by atoms with van der Waals surface area (Å²) in [7, 11) is 0. The van der Waals surface area contributed by atoms with Crippen LogP contribution in [0.5, 0.6) is 0 Å².